The van der Waals surface area contributed by atoms with Gasteiger partial charge in [0.2, 0.25) is 0 Å². The highest BCUT2D eigenvalue weighted by Gasteiger charge is 2.04. The maximum absolute atomic E-state index is 9.67. The molecule has 2 rings (SSSR count). The fourth-order valence-corrected chi connectivity index (χ4v) is 1.75. The Labute approximate surface area is 98.8 Å². The van der Waals surface area contributed by atoms with Crippen molar-refractivity contribution in [2.24, 2.45) is 0 Å². The molecule has 88 valence electrons. The molecule has 0 amide bonds. The Kier molecular flexibility index (Phi) is 2.91. The van der Waals surface area contributed by atoms with E-state index in [9.17, 15) is 5.11 Å². The van der Waals surface area contributed by atoms with Crippen molar-refractivity contribution >= 4 is 11.8 Å². The van der Waals surface area contributed by atoms with Crippen LogP contribution in [0.15, 0.2) is 18.7 Å². The van der Waals surface area contributed by atoms with Crippen LogP contribution in [-0.2, 0) is 0 Å². The minimum absolute atomic E-state index is 0.197. The van der Waals surface area contributed by atoms with E-state index in [0.717, 1.165) is 16.6 Å². The van der Waals surface area contributed by atoms with Gasteiger partial charge in [0.25, 0.3) is 0 Å². The molecule has 2 aromatic rings. The van der Waals surface area contributed by atoms with Crippen LogP contribution in [0.4, 0.5) is 0 Å². The second-order valence-corrected chi connectivity index (χ2v) is 3.76. The van der Waals surface area contributed by atoms with Crippen LogP contribution >= 0.6 is 0 Å². The summed E-state index contributed by atoms with van der Waals surface area (Å²) in [5, 5.41) is 15.2. The SMILES string of the molecule is C/C=c1/c(-n2cncn2)cc(C)n/c1=C(/C)O. The summed E-state index contributed by atoms with van der Waals surface area (Å²) in [4.78, 5) is 8.26. The van der Waals surface area contributed by atoms with E-state index in [-0.39, 0.29) is 5.76 Å². The van der Waals surface area contributed by atoms with Crippen LogP contribution in [-0.4, -0.2) is 24.9 Å². The topological polar surface area (TPSA) is 63.8 Å². The highest BCUT2D eigenvalue weighted by atomic mass is 16.3. The summed E-state index contributed by atoms with van der Waals surface area (Å²) in [6.07, 6.45) is 5.00. The van der Waals surface area contributed by atoms with Gasteiger partial charge in [-0.3, -0.25) is 0 Å². The molecular weight excluding hydrogens is 216 g/mol. The summed E-state index contributed by atoms with van der Waals surface area (Å²) in [5.41, 5.74) is 1.69. The Morgan fingerprint density at radius 1 is 1.47 bits per heavy atom. The monoisotopic (exact) mass is 230 g/mol. The fraction of sp³-hybridized carbons (Fsp3) is 0.250. The number of hydrogen-bond donors (Lipinski definition) is 1. The molecular formula is C12H14N4O. The van der Waals surface area contributed by atoms with E-state index in [0.29, 0.717) is 5.35 Å². The number of hydrogen-bond acceptors (Lipinski definition) is 4. The average Bonchev–Trinajstić information content (AvgIpc) is 2.81. The number of aliphatic hydroxyl groups is 1. The first-order valence-corrected chi connectivity index (χ1v) is 5.32. The first-order valence-electron chi connectivity index (χ1n) is 5.32. The second kappa shape index (κ2) is 4.37. The Hall–Kier alpha value is -2.17. The van der Waals surface area contributed by atoms with Gasteiger partial charge < -0.3 is 5.11 Å². The third-order valence-electron chi connectivity index (χ3n) is 2.46. The third kappa shape index (κ3) is 2.04. The van der Waals surface area contributed by atoms with E-state index < -0.39 is 0 Å². The number of aryl methyl sites for hydroxylation is 1. The molecule has 0 saturated heterocycles. The van der Waals surface area contributed by atoms with Gasteiger partial charge in [0.05, 0.1) is 5.69 Å². The van der Waals surface area contributed by atoms with Crippen LogP contribution in [0.3, 0.4) is 0 Å². The number of aromatic nitrogens is 4. The molecule has 0 aliphatic rings. The molecule has 0 unspecified atom stereocenters. The van der Waals surface area contributed by atoms with Crippen LogP contribution in [0.25, 0.3) is 17.5 Å². The van der Waals surface area contributed by atoms with Gasteiger partial charge in [-0.2, -0.15) is 5.10 Å². The van der Waals surface area contributed by atoms with Crippen molar-refractivity contribution in [2.45, 2.75) is 20.8 Å². The lowest BCUT2D eigenvalue weighted by Crippen LogP contribution is -2.34. The molecule has 0 atom stereocenters. The van der Waals surface area contributed by atoms with Gasteiger partial charge in [-0.1, -0.05) is 6.08 Å². The van der Waals surface area contributed by atoms with Crippen molar-refractivity contribution < 1.29 is 5.11 Å². The summed E-state index contributed by atoms with van der Waals surface area (Å²) in [5.74, 6) is 0.197. The molecule has 2 heterocycles. The predicted octanol–water partition coefficient (Wildman–Crippen LogP) is 0.457. The minimum atomic E-state index is 0.197. The van der Waals surface area contributed by atoms with Crippen molar-refractivity contribution in [1.82, 2.24) is 19.7 Å². The van der Waals surface area contributed by atoms with Crippen LogP contribution in [0.5, 0.6) is 0 Å². The van der Waals surface area contributed by atoms with E-state index >= 15 is 0 Å². The van der Waals surface area contributed by atoms with Gasteiger partial charge in [0, 0.05) is 10.9 Å². The smallest absolute Gasteiger partial charge is 0.138 e. The molecule has 0 aliphatic heterocycles. The number of aliphatic hydroxyl groups excluding tert-OH is 1. The van der Waals surface area contributed by atoms with Gasteiger partial charge in [-0.05, 0) is 26.8 Å². The van der Waals surface area contributed by atoms with Gasteiger partial charge in [0.1, 0.15) is 23.8 Å². The van der Waals surface area contributed by atoms with E-state index in [1.54, 1.807) is 17.9 Å². The van der Waals surface area contributed by atoms with Crippen molar-refractivity contribution in [3.63, 3.8) is 0 Å². The molecule has 0 spiro atoms. The molecule has 0 radical (unpaired) electrons. The zero-order valence-corrected chi connectivity index (χ0v) is 10.0. The van der Waals surface area contributed by atoms with Gasteiger partial charge in [-0.15, -0.1) is 0 Å². The average molecular weight is 230 g/mol. The molecule has 5 heteroatoms. The Balaban J connectivity index is 2.92. The van der Waals surface area contributed by atoms with E-state index in [2.05, 4.69) is 15.1 Å². The standard InChI is InChI=1S/C12H14N4O/c1-4-10-11(16-7-13-6-14-16)5-8(2)15-12(10)9(3)17/h4-7,17H,1-3H3/b10-4-,12-9-. The lowest BCUT2D eigenvalue weighted by Gasteiger charge is -2.04. The fourth-order valence-electron chi connectivity index (χ4n) is 1.75. The zero-order valence-electron chi connectivity index (χ0n) is 10.0. The molecule has 17 heavy (non-hydrogen) atoms. The van der Waals surface area contributed by atoms with Gasteiger partial charge >= 0.3 is 0 Å². The first-order chi connectivity index (χ1) is 8.13. The summed E-state index contributed by atoms with van der Waals surface area (Å²) in [6.45, 7) is 5.41. The third-order valence-corrected chi connectivity index (χ3v) is 2.46. The minimum Gasteiger partial charge on any atom is -0.510 e. The highest BCUT2D eigenvalue weighted by molar-refractivity contribution is 5.43. The van der Waals surface area contributed by atoms with Gasteiger partial charge in [-0.25, -0.2) is 14.6 Å². The van der Waals surface area contributed by atoms with Crippen molar-refractivity contribution in [3.05, 3.63) is 35.0 Å². The Bertz CT molecular complexity index is 640. The molecule has 2 aromatic heterocycles. The second-order valence-electron chi connectivity index (χ2n) is 3.76. The number of pyridine rings is 1. The quantitative estimate of drug-likeness (QED) is 0.773. The van der Waals surface area contributed by atoms with Crippen molar-refractivity contribution in [3.8, 4) is 5.69 Å². The van der Waals surface area contributed by atoms with E-state index in [4.69, 9.17) is 0 Å². The van der Waals surface area contributed by atoms with Gasteiger partial charge in [0.15, 0.2) is 0 Å². The van der Waals surface area contributed by atoms with E-state index in [1.807, 2.05) is 26.0 Å². The maximum Gasteiger partial charge on any atom is 0.138 e. The summed E-state index contributed by atoms with van der Waals surface area (Å²) in [7, 11) is 0. The largest absolute Gasteiger partial charge is 0.510 e. The van der Waals surface area contributed by atoms with Crippen LogP contribution in [0.2, 0.25) is 0 Å². The summed E-state index contributed by atoms with van der Waals surface area (Å²) < 4.78 is 1.66. The van der Waals surface area contributed by atoms with Crippen LogP contribution < -0.4 is 10.6 Å². The number of rotatable bonds is 1. The van der Waals surface area contributed by atoms with Crippen molar-refractivity contribution in [1.29, 1.82) is 0 Å². The lowest BCUT2D eigenvalue weighted by molar-refractivity contribution is 0.495. The summed E-state index contributed by atoms with van der Waals surface area (Å²) in [6, 6.07) is 1.91. The zero-order chi connectivity index (χ0) is 12.4. The highest BCUT2D eigenvalue weighted by Crippen LogP contribution is 1.99. The normalized spacial score (nSPS) is 13.9. The summed E-state index contributed by atoms with van der Waals surface area (Å²) >= 11 is 0. The first kappa shape index (κ1) is 11.3. The maximum atomic E-state index is 9.67. The Morgan fingerprint density at radius 3 is 2.76 bits per heavy atom. The van der Waals surface area contributed by atoms with Crippen LogP contribution in [0.1, 0.15) is 19.5 Å². The van der Waals surface area contributed by atoms with E-state index in [1.165, 1.54) is 6.33 Å². The predicted molar refractivity (Wildman–Crippen MR) is 65.0 cm³/mol. The molecule has 1 N–H and O–H groups in total. The van der Waals surface area contributed by atoms with Crippen molar-refractivity contribution in [2.75, 3.05) is 0 Å². The molecule has 0 saturated carbocycles. The Morgan fingerprint density at radius 2 is 2.24 bits per heavy atom. The lowest BCUT2D eigenvalue weighted by atomic mass is 10.2. The number of nitrogens with zero attached hydrogens (tertiary/aromatic N) is 4. The molecule has 0 aliphatic carbocycles. The molecule has 5 nitrogen and oxygen atoms in total. The molecule has 0 bridgehead atoms. The molecule has 0 aromatic carbocycles. The molecule has 0 fully saturated rings. The van der Waals surface area contributed by atoms with Crippen LogP contribution in [0, 0.1) is 6.92 Å².